The number of hydrogen-bond donors (Lipinski definition) is 2. The van der Waals surface area contributed by atoms with E-state index in [0.717, 1.165) is 5.56 Å². The molecule has 0 heterocycles. The molecule has 1 aromatic rings. The van der Waals surface area contributed by atoms with Gasteiger partial charge in [-0.15, -0.1) is 0 Å². The second-order valence-corrected chi connectivity index (χ2v) is 4.03. The molecule has 0 aromatic heterocycles. The maximum Gasteiger partial charge on any atom is 0.381 e. The van der Waals surface area contributed by atoms with Gasteiger partial charge in [0.15, 0.2) is 5.75 Å². The molecular formula is C13H15NO5. The predicted octanol–water partition coefficient (Wildman–Crippen LogP) is 1.05. The topological polar surface area (TPSA) is 98.9 Å². The highest BCUT2D eigenvalue weighted by atomic mass is 17.2. The van der Waals surface area contributed by atoms with Crippen LogP contribution in [0.5, 0.6) is 5.75 Å². The molecule has 6 nitrogen and oxygen atoms in total. The van der Waals surface area contributed by atoms with Crippen LogP contribution in [0.25, 0.3) is 0 Å². The van der Waals surface area contributed by atoms with Gasteiger partial charge in [-0.1, -0.05) is 18.7 Å². The van der Waals surface area contributed by atoms with Crippen LogP contribution in [0.1, 0.15) is 12.5 Å². The van der Waals surface area contributed by atoms with Crippen molar-refractivity contribution in [3.05, 3.63) is 42.0 Å². The highest BCUT2D eigenvalue weighted by Gasteiger charge is 2.12. The second kappa shape index (κ2) is 6.55. The molecule has 19 heavy (non-hydrogen) atoms. The lowest BCUT2D eigenvalue weighted by molar-refractivity contribution is -0.208. The number of rotatable bonds is 6. The molecule has 1 atom stereocenters. The van der Waals surface area contributed by atoms with Crippen LogP contribution in [0, 0.1) is 0 Å². The Hall–Kier alpha value is -2.34. The van der Waals surface area contributed by atoms with Crippen LogP contribution in [0.2, 0.25) is 0 Å². The van der Waals surface area contributed by atoms with Crippen molar-refractivity contribution in [3.8, 4) is 5.75 Å². The number of hydrogen-bond acceptors (Lipinski definition) is 5. The van der Waals surface area contributed by atoms with E-state index in [0.29, 0.717) is 5.75 Å². The SMILES string of the molecule is C=C(C)C(=O)OOc1ccc(CC(N)C(=O)O)cc1. The van der Waals surface area contributed by atoms with Gasteiger partial charge in [-0.2, -0.15) is 0 Å². The highest BCUT2D eigenvalue weighted by molar-refractivity contribution is 5.86. The summed E-state index contributed by atoms with van der Waals surface area (Å²) < 4.78 is 0. The first kappa shape index (κ1) is 14.7. The molecule has 0 aliphatic heterocycles. The summed E-state index contributed by atoms with van der Waals surface area (Å²) >= 11 is 0. The number of carbonyl (C=O) groups is 2. The van der Waals surface area contributed by atoms with Crippen LogP contribution in [-0.4, -0.2) is 23.1 Å². The van der Waals surface area contributed by atoms with E-state index in [9.17, 15) is 9.59 Å². The van der Waals surface area contributed by atoms with E-state index in [1.54, 1.807) is 24.3 Å². The fourth-order valence-electron chi connectivity index (χ4n) is 1.18. The molecule has 0 radical (unpaired) electrons. The standard InChI is InChI=1S/C13H15NO5/c1-8(2)13(17)19-18-10-5-3-9(4-6-10)7-11(14)12(15)16/h3-6,11H,1,7,14H2,2H3,(H,15,16). The van der Waals surface area contributed by atoms with Gasteiger partial charge in [0.2, 0.25) is 0 Å². The summed E-state index contributed by atoms with van der Waals surface area (Å²) in [5.41, 5.74) is 6.38. The van der Waals surface area contributed by atoms with Crippen molar-refractivity contribution in [2.45, 2.75) is 19.4 Å². The third-order valence-corrected chi connectivity index (χ3v) is 2.26. The van der Waals surface area contributed by atoms with Crippen LogP contribution in [-0.2, 0) is 20.9 Å². The minimum atomic E-state index is -1.06. The molecule has 0 spiro atoms. The van der Waals surface area contributed by atoms with Crippen LogP contribution in [0.4, 0.5) is 0 Å². The van der Waals surface area contributed by atoms with Gasteiger partial charge in [0, 0.05) is 5.57 Å². The predicted molar refractivity (Wildman–Crippen MR) is 67.3 cm³/mol. The summed E-state index contributed by atoms with van der Waals surface area (Å²) in [6, 6.07) is 5.44. The zero-order valence-electron chi connectivity index (χ0n) is 10.5. The maximum absolute atomic E-state index is 11.1. The Bertz CT molecular complexity index is 480. The Morgan fingerprint density at radius 1 is 1.37 bits per heavy atom. The van der Waals surface area contributed by atoms with E-state index in [1.165, 1.54) is 6.92 Å². The van der Waals surface area contributed by atoms with E-state index in [-0.39, 0.29) is 12.0 Å². The molecule has 0 bridgehead atoms. The fourth-order valence-corrected chi connectivity index (χ4v) is 1.18. The lowest BCUT2D eigenvalue weighted by Gasteiger charge is -2.07. The molecule has 0 aliphatic rings. The number of nitrogens with two attached hydrogens (primary N) is 1. The first-order valence-electron chi connectivity index (χ1n) is 5.52. The van der Waals surface area contributed by atoms with Gasteiger partial charge in [-0.25, -0.2) is 9.68 Å². The number of carboxylic acid groups (broad SMARTS) is 1. The number of carbonyl (C=O) groups excluding carboxylic acids is 1. The highest BCUT2D eigenvalue weighted by Crippen LogP contribution is 2.14. The summed E-state index contributed by atoms with van der Waals surface area (Å²) in [4.78, 5) is 30.9. The van der Waals surface area contributed by atoms with E-state index < -0.39 is 18.0 Å². The summed E-state index contributed by atoms with van der Waals surface area (Å²) in [5, 5.41) is 8.68. The van der Waals surface area contributed by atoms with E-state index in [4.69, 9.17) is 15.7 Å². The summed E-state index contributed by atoms with van der Waals surface area (Å²) in [6.07, 6.45) is 0.209. The monoisotopic (exact) mass is 265 g/mol. The van der Waals surface area contributed by atoms with Crippen LogP contribution in [0.15, 0.2) is 36.4 Å². The Balaban J connectivity index is 2.54. The van der Waals surface area contributed by atoms with Crippen molar-refractivity contribution in [2.24, 2.45) is 5.73 Å². The summed E-state index contributed by atoms with van der Waals surface area (Å²) in [6.45, 7) is 4.91. The van der Waals surface area contributed by atoms with Crippen molar-refractivity contribution in [2.75, 3.05) is 0 Å². The Kier molecular flexibility index (Phi) is 5.08. The Morgan fingerprint density at radius 2 is 1.95 bits per heavy atom. The molecule has 3 N–H and O–H groups in total. The first-order valence-corrected chi connectivity index (χ1v) is 5.52. The van der Waals surface area contributed by atoms with Crippen LogP contribution in [0.3, 0.4) is 0 Å². The molecule has 0 saturated heterocycles. The van der Waals surface area contributed by atoms with Crippen molar-refractivity contribution in [3.63, 3.8) is 0 Å². The summed E-state index contributed by atoms with van der Waals surface area (Å²) in [5.74, 6) is -1.39. The van der Waals surface area contributed by atoms with Gasteiger partial charge in [0.1, 0.15) is 6.04 Å². The van der Waals surface area contributed by atoms with E-state index in [2.05, 4.69) is 11.5 Å². The Labute approximate surface area is 110 Å². The normalized spacial score (nSPS) is 11.5. The second-order valence-electron chi connectivity index (χ2n) is 4.03. The van der Waals surface area contributed by atoms with Crippen molar-refractivity contribution < 1.29 is 24.5 Å². The molecule has 102 valence electrons. The quantitative estimate of drug-likeness (QED) is 0.453. The molecule has 0 fully saturated rings. The molecule has 1 aromatic carbocycles. The lowest BCUT2D eigenvalue weighted by atomic mass is 10.1. The average Bonchev–Trinajstić information content (AvgIpc) is 2.37. The average molecular weight is 265 g/mol. The largest absolute Gasteiger partial charge is 0.480 e. The fraction of sp³-hybridized carbons (Fsp3) is 0.231. The van der Waals surface area contributed by atoms with Crippen molar-refractivity contribution in [1.82, 2.24) is 0 Å². The summed E-state index contributed by atoms with van der Waals surface area (Å²) in [7, 11) is 0. The van der Waals surface area contributed by atoms with Crippen molar-refractivity contribution in [1.29, 1.82) is 0 Å². The zero-order valence-corrected chi connectivity index (χ0v) is 10.5. The minimum absolute atomic E-state index is 0.209. The third kappa shape index (κ3) is 4.81. The molecule has 0 saturated carbocycles. The molecule has 1 rings (SSSR count). The zero-order chi connectivity index (χ0) is 14.4. The lowest BCUT2D eigenvalue weighted by Crippen LogP contribution is -2.32. The number of benzene rings is 1. The van der Waals surface area contributed by atoms with Gasteiger partial charge in [0.05, 0.1) is 0 Å². The first-order chi connectivity index (χ1) is 8.90. The molecule has 0 amide bonds. The van der Waals surface area contributed by atoms with Gasteiger partial charge in [-0.05, 0) is 31.0 Å². The Morgan fingerprint density at radius 3 is 2.42 bits per heavy atom. The minimum Gasteiger partial charge on any atom is -0.480 e. The van der Waals surface area contributed by atoms with Crippen molar-refractivity contribution >= 4 is 11.9 Å². The molecule has 0 aliphatic carbocycles. The van der Waals surface area contributed by atoms with E-state index in [1.807, 2.05) is 0 Å². The number of carboxylic acids is 1. The van der Waals surface area contributed by atoms with Gasteiger partial charge < -0.3 is 10.8 Å². The molecule has 6 heteroatoms. The third-order valence-electron chi connectivity index (χ3n) is 2.26. The van der Waals surface area contributed by atoms with Gasteiger partial charge >= 0.3 is 11.9 Å². The van der Waals surface area contributed by atoms with Gasteiger partial charge in [0.25, 0.3) is 0 Å². The van der Waals surface area contributed by atoms with E-state index >= 15 is 0 Å². The number of aliphatic carboxylic acids is 1. The molecular weight excluding hydrogens is 250 g/mol. The molecule has 1 unspecified atom stereocenters. The smallest absolute Gasteiger partial charge is 0.381 e. The van der Waals surface area contributed by atoms with Gasteiger partial charge in [-0.3, -0.25) is 9.68 Å². The van der Waals surface area contributed by atoms with Crippen LogP contribution < -0.4 is 10.6 Å². The maximum atomic E-state index is 11.1. The van der Waals surface area contributed by atoms with Crippen LogP contribution >= 0.6 is 0 Å².